The Labute approximate surface area is 159 Å². The van der Waals surface area contributed by atoms with Gasteiger partial charge in [-0.25, -0.2) is 4.98 Å². The van der Waals surface area contributed by atoms with Crippen molar-refractivity contribution in [1.82, 2.24) is 10.3 Å². The molecule has 1 heterocycles. The summed E-state index contributed by atoms with van der Waals surface area (Å²) in [5.74, 6) is 0.592. The maximum Gasteiger partial charge on any atom is 0.257 e. The normalized spacial score (nSPS) is 10.8. The van der Waals surface area contributed by atoms with Crippen molar-refractivity contribution in [2.24, 2.45) is 0 Å². The molecule has 3 aromatic rings. The first-order valence-corrected chi connectivity index (χ1v) is 9.77. The highest BCUT2D eigenvalue weighted by molar-refractivity contribution is 9.10. The number of nitrogens with zero attached hydrogens (tertiary/aromatic N) is 1. The summed E-state index contributed by atoms with van der Waals surface area (Å²) < 4.78 is 6.63. The molecule has 6 heteroatoms. The van der Waals surface area contributed by atoms with Crippen molar-refractivity contribution in [3.63, 3.8) is 0 Å². The van der Waals surface area contributed by atoms with E-state index in [1.807, 2.05) is 42.6 Å². The number of amides is 1. The summed E-state index contributed by atoms with van der Waals surface area (Å²) in [5, 5.41) is 8.25. The van der Waals surface area contributed by atoms with Gasteiger partial charge in [-0.2, -0.15) is 0 Å². The van der Waals surface area contributed by atoms with Crippen LogP contribution in [0.15, 0.2) is 46.3 Å². The van der Waals surface area contributed by atoms with Crippen molar-refractivity contribution < 1.29 is 9.53 Å². The number of carbonyl (C=O) groups excluding carboxylic acids is 1. The Morgan fingerprint density at radius 1 is 1.24 bits per heavy atom. The number of aromatic nitrogens is 1. The number of hydrogen-bond acceptors (Lipinski definition) is 4. The largest absolute Gasteiger partial charge is 0.484 e. The van der Waals surface area contributed by atoms with Crippen LogP contribution >= 0.6 is 27.3 Å². The Hall–Kier alpha value is -1.92. The Morgan fingerprint density at radius 2 is 2.04 bits per heavy atom. The third-order valence-corrected chi connectivity index (χ3v) is 5.22. The second-order valence-electron chi connectivity index (χ2n) is 5.78. The van der Waals surface area contributed by atoms with Crippen molar-refractivity contribution in [1.29, 1.82) is 0 Å². The minimum Gasteiger partial charge on any atom is -0.484 e. The van der Waals surface area contributed by atoms with E-state index in [1.54, 1.807) is 11.3 Å². The molecule has 0 unspecified atom stereocenters. The van der Waals surface area contributed by atoms with Gasteiger partial charge in [0.25, 0.3) is 5.91 Å². The summed E-state index contributed by atoms with van der Waals surface area (Å²) in [4.78, 5) is 16.3. The van der Waals surface area contributed by atoms with Crippen molar-refractivity contribution in [3.05, 3.63) is 57.0 Å². The van der Waals surface area contributed by atoms with E-state index in [0.29, 0.717) is 12.3 Å². The van der Waals surface area contributed by atoms with Gasteiger partial charge in [-0.05, 0) is 48.4 Å². The Bertz CT molecular complexity index is 879. The van der Waals surface area contributed by atoms with Crippen LogP contribution in [-0.2, 0) is 11.2 Å². The number of ether oxygens (including phenoxy) is 1. The van der Waals surface area contributed by atoms with E-state index in [4.69, 9.17) is 4.74 Å². The second-order valence-corrected chi connectivity index (χ2v) is 7.64. The van der Waals surface area contributed by atoms with Gasteiger partial charge in [-0.1, -0.05) is 28.1 Å². The molecule has 0 bridgehead atoms. The number of carbonyl (C=O) groups is 1. The fraction of sp³-hybridized carbons (Fsp3) is 0.263. The van der Waals surface area contributed by atoms with Crippen LogP contribution in [-0.4, -0.2) is 24.0 Å². The van der Waals surface area contributed by atoms with Crippen LogP contribution in [0.3, 0.4) is 0 Å². The summed E-state index contributed by atoms with van der Waals surface area (Å²) in [6, 6.07) is 11.9. The first-order chi connectivity index (χ1) is 12.1. The van der Waals surface area contributed by atoms with Crippen LogP contribution in [0.1, 0.15) is 17.1 Å². The lowest BCUT2D eigenvalue weighted by Crippen LogP contribution is -2.29. The predicted molar refractivity (Wildman–Crippen MR) is 105 cm³/mol. The number of fused-ring (bicyclic) bond motifs is 1. The highest BCUT2D eigenvalue weighted by Crippen LogP contribution is 2.24. The van der Waals surface area contributed by atoms with Gasteiger partial charge >= 0.3 is 0 Å². The molecule has 0 atom stereocenters. The molecule has 0 aliphatic heterocycles. The zero-order valence-electron chi connectivity index (χ0n) is 13.9. The van der Waals surface area contributed by atoms with Gasteiger partial charge in [0.15, 0.2) is 6.61 Å². The molecule has 0 aliphatic carbocycles. The maximum atomic E-state index is 11.9. The summed E-state index contributed by atoms with van der Waals surface area (Å²) in [5.41, 5.74) is 1.06. The maximum absolute atomic E-state index is 11.9. The van der Waals surface area contributed by atoms with Crippen molar-refractivity contribution >= 4 is 43.9 Å². The topological polar surface area (TPSA) is 51.2 Å². The quantitative estimate of drug-likeness (QED) is 0.574. The molecule has 0 spiro atoms. The molecule has 0 saturated carbocycles. The number of thiazole rings is 1. The van der Waals surface area contributed by atoms with Gasteiger partial charge in [-0.15, -0.1) is 11.3 Å². The van der Waals surface area contributed by atoms with Crippen molar-refractivity contribution in [2.75, 3.05) is 13.2 Å². The first kappa shape index (κ1) is 17.9. The zero-order valence-corrected chi connectivity index (χ0v) is 16.3. The average Bonchev–Trinajstić information content (AvgIpc) is 3.02. The molecule has 130 valence electrons. The lowest BCUT2D eigenvalue weighted by atomic mass is 10.1. The Kier molecular flexibility index (Phi) is 6.04. The van der Waals surface area contributed by atoms with E-state index in [1.165, 1.54) is 0 Å². The van der Waals surface area contributed by atoms with Gasteiger partial charge in [0.2, 0.25) is 0 Å². The van der Waals surface area contributed by atoms with Crippen LogP contribution in [0, 0.1) is 6.92 Å². The summed E-state index contributed by atoms with van der Waals surface area (Å²) in [7, 11) is 0. The molecule has 1 amide bonds. The van der Waals surface area contributed by atoms with Crippen molar-refractivity contribution in [3.8, 4) is 5.75 Å². The molecule has 1 N–H and O–H groups in total. The van der Waals surface area contributed by atoms with Crippen LogP contribution in [0.25, 0.3) is 10.8 Å². The van der Waals surface area contributed by atoms with E-state index < -0.39 is 0 Å². The highest BCUT2D eigenvalue weighted by Gasteiger charge is 2.04. The zero-order chi connectivity index (χ0) is 17.6. The fourth-order valence-corrected chi connectivity index (χ4v) is 3.67. The number of rotatable bonds is 7. The Balaban J connectivity index is 1.42. The molecular formula is C19H19BrN2O2S. The lowest BCUT2D eigenvalue weighted by molar-refractivity contribution is -0.123. The van der Waals surface area contributed by atoms with E-state index in [-0.39, 0.29) is 12.5 Å². The minimum absolute atomic E-state index is 0.0262. The van der Waals surface area contributed by atoms with Crippen LogP contribution in [0.5, 0.6) is 5.75 Å². The van der Waals surface area contributed by atoms with Crippen LogP contribution < -0.4 is 10.1 Å². The van der Waals surface area contributed by atoms with E-state index >= 15 is 0 Å². The number of hydrogen-bond donors (Lipinski definition) is 1. The van der Waals surface area contributed by atoms with Gasteiger partial charge in [-0.3, -0.25) is 4.79 Å². The molecule has 0 radical (unpaired) electrons. The lowest BCUT2D eigenvalue weighted by Gasteiger charge is -2.08. The smallest absolute Gasteiger partial charge is 0.257 e. The summed E-state index contributed by atoms with van der Waals surface area (Å²) >= 11 is 5.13. The fourth-order valence-electron chi connectivity index (χ4n) is 2.47. The highest BCUT2D eigenvalue weighted by atomic mass is 79.9. The monoisotopic (exact) mass is 418 g/mol. The van der Waals surface area contributed by atoms with Gasteiger partial charge in [0, 0.05) is 28.5 Å². The third kappa shape index (κ3) is 5.28. The SMILES string of the molecule is Cc1csc(CCCNC(=O)COc2ccc3cc(Br)ccc3c2)n1. The van der Waals surface area contributed by atoms with Gasteiger partial charge in [0.05, 0.1) is 5.01 Å². The number of benzene rings is 2. The van der Waals surface area contributed by atoms with Crippen LogP contribution in [0.4, 0.5) is 0 Å². The second kappa shape index (κ2) is 8.45. The summed E-state index contributed by atoms with van der Waals surface area (Å²) in [6.45, 7) is 2.65. The number of nitrogens with one attached hydrogen (secondary N) is 1. The number of halogens is 1. The molecular weight excluding hydrogens is 400 g/mol. The molecule has 0 saturated heterocycles. The third-order valence-electron chi connectivity index (χ3n) is 3.70. The van der Waals surface area contributed by atoms with Crippen molar-refractivity contribution in [2.45, 2.75) is 19.8 Å². The molecule has 2 aromatic carbocycles. The molecule has 25 heavy (non-hydrogen) atoms. The molecule has 1 aromatic heterocycles. The summed E-state index contributed by atoms with van der Waals surface area (Å²) in [6.07, 6.45) is 1.77. The molecule has 0 fully saturated rings. The standard InChI is InChI=1S/C19H19BrN2O2S/c1-13-12-25-19(22-13)3-2-8-21-18(23)11-24-17-7-5-14-9-16(20)6-4-15(14)10-17/h4-7,9-10,12H,2-3,8,11H2,1H3,(H,21,23). The van der Waals surface area contributed by atoms with Crippen LogP contribution in [0.2, 0.25) is 0 Å². The predicted octanol–water partition coefficient (Wildman–Crippen LogP) is 4.50. The van der Waals surface area contributed by atoms with E-state index in [0.717, 1.165) is 38.8 Å². The average molecular weight is 419 g/mol. The number of aryl methyl sites for hydroxylation is 2. The minimum atomic E-state index is -0.105. The van der Waals surface area contributed by atoms with Gasteiger partial charge < -0.3 is 10.1 Å². The van der Waals surface area contributed by atoms with Gasteiger partial charge in [0.1, 0.15) is 5.75 Å². The Morgan fingerprint density at radius 3 is 2.84 bits per heavy atom. The van der Waals surface area contributed by atoms with E-state index in [9.17, 15) is 4.79 Å². The first-order valence-electron chi connectivity index (χ1n) is 8.10. The molecule has 0 aliphatic rings. The molecule has 4 nitrogen and oxygen atoms in total. The molecule has 3 rings (SSSR count). The van der Waals surface area contributed by atoms with E-state index in [2.05, 4.69) is 32.3 Å².